The monoisotopic (exact) mass is 354 g/mol. The lowest BCUT2D eigenvalue weighted by molar-refractivity contribution is -0.137. The molecule has 2 aromatic heterocycles. The molecule has 1 fully saturated rings. The van der Waals surface area contributed by atoms with Gasteiger partial charge in [0.05, 0.1) is 6.04 Å². The van der Waals surface area contributed by atoms with Crippen LogP contribution in [0, 0.1) is 0 Å². The number of nitrogens with one attached hydrogen (secondary N) is 2. The van der Waals surface area contributed by atoms with Crippen molar-refractivity contribution in [2.75, 3.05) is 17.2 Å². The summed E-state index contributed by atoms with van der Waals surface area (Å²) in [5.74, 6) is -0.00309. The predicted molar refractivity (Wildman–Crippen MR) is 85.0 cm³/mol. The van der Waals surface area contributed by atoms with Crippen LogP contribution in [0.3, 0.4) is 0 Å². The van der Waals surface area contributed by atoms with Gasteiger partial charge in [-0.2, -0.15) is 23.3 Å². The fourth-order valence-electron chi connectivity index (χ4n) is 2.32. The van der Waals surface area contributed by atoms with Crippen molar-refractivity contribution >= 4 is 23.4 Å². The standard InChI is InChI=1S/C15H17F3N6O/c1-3-19-13-10(15(16,17)18)7-20-14(22-13)21-12-6-11(8(2)25)23-24(12)9-4-5-9/h6-7,9H,3-5H2,1-2H3,(H2,19,20,21,22). The maximum absolute atomic E-state index is 13.0. The number of aromatic nitrogens is 4. The van der Waals surface area contributed by atoms with E-state index in [1.165, 1.54) is 6.92 Å². The zero-order valence-electron chi connectivity index (χ0n) is 13.7. The first kappa shape index (κ1) is 17.2. The third-order valence-corrected chi connectivity index (χ3v) is 3.67. The van der Waals surface area contributed by atoms with Gasteiger partial charge in [-0.25, -0.2) is 9.67 Å². The van der Waals surface area contributed by atoms with Crippen molar-refractivity contribution in [3.8, 4) is 0 Å². The molecular formula is C15H17F3N6O. The Morgan fingerprint density at radius 3 is 2.68 bits per heavy atom. The smallest absolute Gasteiger partial charge is 0.370 e. The van der Waals surface area contributed by atoms with Crippen molar-refractivity contribution in [1.82, 2.24) is 19.7 Å². The van der Waals surface area contributed by atoms with Crippen LogP contribution >= 0.6 is 0 Å². The normalized spacial score (nSPS) is 14.4. The van der Waals surface area contributed by atoms with Crippen LogP contribution in [0.5, 0.6) is 0 Å². The Bertz CT molecular complexity index is 797. The van der Waals surface area contributed by atoms with Crippen molar-refractivity contribution in [3.63, 3.8) is 0 Å². The van der Waals surface area contributed by atoms with Crippen molar-refractivity contribution in [2.24, 2.45) is 0 Å². The van der Waals surface area contributed by atoms with Gasteiger partial charge in [0, 0.05) is 25.7 Å². The Kier molecular flexibility index (Phi) is 4.36. The number of halogens is 3. The average Bonchev–Trinajstić information content (AvgIpc) is 3.27. The minimum absolute atomic E-state index is 0.000789. The lowest BCUT2D eigenvalue weighted by Gasteiger charge is -2.14. The molecule has 1 aliphatic carbocycles. The number of ketones is 1. The summed E-state index contributed by atoms with van der Waals surface area (Å²) in [6.07, 6.45) is -1.95. The largest absolute Gasteiger partial charge is 0.421 e. The van der Waals surface area contributed by atoms with E-state index < -0.39 is 11.7 Å². The maximum Gasteiger partial charge on any atom is 0.421 e. The van der Waals surface area contributed by atoms with Crippen LogP contribution in [0.1, 0.15) is 48.8 Å². The number of carbonyl (C=O) groups excluding carboxylic acids is 1. The lowest BCUT2D eigenvalue weighted by Crippen LogP contribution is -2.14. The minimum atomic E-state index is -4.55. The summed E-state index contributed by atoms with van der Waals surface area (Å²) < 4.78 is 40.7. The number of rotatable bonds is 6. The molecule has 0 radical (unpaired) electrons. The summed E-state index contributed by atoms with van der Waals surface area (Å²) in [5, 5.41) is 9.70. The second-order valence-corrected chi connectivity index (χ2v) is 5.76. The number of Topliss-reactive ketones (excluding diaryl/α,β-unsaturated/α-hetero) is 1. The quantitative estimate of drug-likeness (QED) is 0.774. The zero-order chi connectivity index (χ0) is 18.2. The molecule has 2 aromatic rings. The van der Waals surface area contributed by atoms with Crippen LogP contribution in [0.25, 0.3) is 0 Å². The summed E-state index contributed by atoms with van der Waals surface area (Å²) >= 11 is 0. The van der Waals surface area contributed by atoms with E-state index in [2.05, 4.69) is 25.7 Å². The van der Waals surface area contributed by atoms with Crippen molar-refractivity contribution in [1.29, 1.82) is 0 Å². The Morgan fingerprint density at radius 1 is 1.40 bits per heavy atom. The molecule has 0 aromatic carbocycles. The Hall–Kier alpha value is -2.65. The molecule has 0 bridgehead atoms. The third-order valence-electron chi connectivity index (χ3n) is 3.67. The van der Waals surface area contributed by atoms with E-state index in [1.807, 2.05) is 0 Å². The highest BCUT2D eigenvalue weighted by Gasteiger charge is 2.35. The SMILES string of the molecule is CCNc1nc(Nc2cc(C(C)=O)nn2C2CC2)ncc1C(F)(F)F. The van der Waals surface area contributed by atoms with Crippen LogP contribution in [-0.4, -0.2) is 32.1 Å². The Labute approximate surface area is 141 Å². The molecule has 0 amide bonds. The van der Waals surface area contributed by atoms with E-state index in [9.17, 15) is 18.0 Å². The van der Waals surface area contributed by atoms with E-state index in [0.717, 1.165) is 19.0 Å². The summed E-state index contributed by atoms with van der Waals surface area (Å²) in [6.45, 7) is 3.37. The first-order chi connectivity index (χ1) is 11.8. The van der Waals surface area contributed by atoms with Gasteiger partial charge in [-0.1, -0.05) is 0 Å². The van der Waals surface area contributed by atoms with Gasteiger partial charge in [-0.15, -0.1) is 0 Å². The van der Waals surface area contributed by atoms with Gasteiger partial charge < -0.3 is 10.6 Å². The van der Waals surface area contributed by atoms with E-state index in [0.29, 0.717) is 5.82 Å². The van der Waals surface area contributed by atoms with E-state index in [-0.39, 0.29) is 35.8 Å². The highest BCUT2D eigenvalue weighted by molar-refractivity contribution is 5.93. The second kappa shape index (κ2) is 6.34. The molecule has 0 spiro atoms. The van der Waals surface area contributed by atoms with Crippen LogP contribution in [0.4, 0.5) is 30.8 Å². The molecule has 3 rings (SSSR count). The van der Waals surface area contributed by atoms with Crippen LogP contribution < -0.4 is 10.6 Å². The minimum Gasteiger partial charge on any atom is -0.370 e. The topological polar surface area (TPSA) is 84.7 Å². The van der Waals surface area contributed by atoms with E-state index >= 15 is 0 Å². The number of hydrogen-bond donors (Lipinski definition) is 2. The Balaban J connectivity index is 1.93. The summed E-state index contributed by atoms with van der Waals surface area (Å²) in [6, 6.07) is 1.73. The first-order valence-corrected chi connectivity index (χ1v) is 7.85. The van der Waals surface area contributed by atoms with Gasteiger partial charge in [-0.3, -0.25) is 4.79 Å². The molecule has 10 heteroatoms. The number of nitrogens with zero attached hydrogens (tertiary/aromatic N) is 4. The highest BCUT2D eigenvalue weighted by atomic mass is 19.4. The molecule has 7 nitrogen and oxygen atoms in total. The van der Waals surface area contributed by atoms with Gasteiger partial charge in [0.15, 0.2) is 5.78 Å². The summed E-state index contributed by atoms with van der Waals surface area (Å²) in [7, 11) is 0. The first-order valence-electron chi connectivity index (χ1n) is 7.85. The van der Waals surface area contributed by atoms with E-state index in [1.54, 1.807) is 17.7 Å². The average molecular weight is 354 g/mol. The summed E-state index contributed by atoms with van der Waals surface area (Å²) in [4.78, 5) is 19.2. The molecule has 0 saturated heterocycles. The molecule has 2 N–H and O–H groups in total. The number of alkyl halides is 3. The molecule has 0 unspecified atom stereocenters. The molecule has 2 heterocycles. The predicted octanol–water partition coefficient (Wildman–Crippen LogP) is 3.40. The van der Waals surface area contributed by atoms with Crippen LogP contribution in [-0.2, 0) is 6.18 Å². The molecule has 134 valence electrons. The Morgan fingerprint density at radius 2 is 2.12 bits per heavy atom. The van der Waals surface area contributed by atoms with Gasteiger partial charge in [0.25, 0.3) is 0 Å². The zero-order valence-corrected chi connectivity index (χ0v) is 13.7. The van der Waals surface area contributed by atoms with Gasteiger partial charge in [-0.05, 0) is 19.8 Å². The summed E-state index contributed by atoms with van der Waals surface area (Å²) in [5.41, 5.74) is -0.645. The van der Waals surface area contributed by atoms with Gasteiger partial charge >= 0.3 is 6.18 Å². The molecule has 0 aliphatic heterocycles. The fourth-order valence-corrected chi connectivity index (χ4v) is 2.32. The molecule has 1 aliphatic rings. The molecule has 1 saturated carbocycles. The fraction of sp³-hybridized carbons (Fsp3) is 0.467. The third kappa shape index (κ3) is 3.72. The molecular weight excluding hydrogens is 337 g/mol. The van der Waals surface area contributed by atoms with E-state index in [4.69, 9.17) is 0 Å². The van der Waals surface area contributed by atoms with Crippen molar-refractivity contribution in [3.05, 3.63) is 23.5 Å². The maximum atomic E-state index is 13.0. The number of anilines is 3. The molecule has 25 heavy (non-hydrogen) atoms. The van der Waals surface area contributed by atoms with Crippen LogP contribution in [0.15, 0.2) is 12.3 Å². The van der Waals surface area contributed by atoms with Gasteiger partial charge in [0.1, 0.15) is 22.9 Å². The molecule has 0 atom stereocenters. The van der Waals surface area contributed by atoms with Gasteiger partial charge in [0.2, 0.25) is 5.95 Å². The highest BCUT2D eigenvalue weighted by Crippen LogP contribution is 2.38. The lowest BCUT2D eigenvalue weighted by atomic mass is 10.3. The second-order valence-electron chi connectivity index (χ2n) is 5.76. The van der Waals surface area contributed by atoms with Crippen LogP contribution in [0.2, 0.25) is 0 Å². The van der Waals surface area contributed by atoms with Crippen molar-refractivity contribution in [2.45, 2.75) is 38.9 Å². The van der Waals surface area contributed by atoms with Crippen molar-refractivity contribution < 1.29 is 18.0 Å². The number of carbonyl (C=O) groups is 1. The number of hydrogen-bond acceptors (Lipinski definition) is 6.